The maximum absolute atomic E-state index is 11.6. The van der Waals surface area contributed by atoms with Gasteiger partial charge in [0.1, 0.15) is 0 Å². The van der Waals surface area contributed by atoms with E-state index < -0.39 is 0 Å². The molecule has 0 aromatic carbocycles. The predicted molar refractivity (Wildman–Crippen MR) is 58.2 cm³/mol. The van der Waals surface area contributed by atoms with E-state index in [0.29, 0.717) is 6.54 Å². The molecule has 0 aliphatic heterocycles. The highest BCUT2D eigenvalue weighted by Crippen LogP contribution is 1.98. The Morgan fingerprint density at radius 2 is 2.40 bits per heavy atom. The van der Waals surface area contributed by atoms with Crippen LogP contribution < -0.4 is 5.32 Å². The van der Waals surface area contributed by atoms with Crippen LogP contribution in [0, 0.1) is 5.92 Å². The van der Waals surface area contributed by atoms with Crippen LogP contribution in [0.15, 0.2) is 12.3 Å². The molecule has 0 radical (unpaired) electrons. The van der Waals surface area contributed by atoms with E-state index in [9.17, 15) is 4.79 Å². The zero-order chi connectivity index (χ0) is 11.3. The minimum Gasteiger partial charge on any atom is -0.350 e. The topological polar surface area (TPSA) is 61.0 Å². The standard InChI is InChI=1S/C10H18N4O/c1-8(7-14(2)3)10(15)11-6-9-4-5-12-13-9/h4-5,8H,6-7H2,1-3H3,(H,11,15)(H,12,13)/t8-/m1/s1. The molecule has 1 amide bonds. The molecular formula is C10H18N4O. The van der Waals surface area contributed by atoms with Crippen molar-refractivity contribution in [3.63, 3.8) is 0 Å². The lowest BCUT2D eigenvalue weighted by atomic mass is 10.1. The SMILES string of the molecule is C[C@H](CN(C)C)C(=O)NCc1ccn[nH]1. The number of carbonyl (C=O) groups is 1. The van der Waals surface area contributed by atoms with Gasteiger partial charge in [0.2, 0.25) is 5.91 Å². The molecule has 2 N–H and O–H groups in total. The summed E-state index contributed by atoms with van der Waals surface area (Å²) in [4.78, 5) is 13.6. The van der Waals surface area contributed by atoms with Crippen LogP contribution in [-0.4, -0.2) is 41.6 Å². The fourth-order valence-electron chi connectivity index (χ4n) is 1.37. The molecule has 0 aliphatic rings. The summed E-state index contributed by atoms with van der Waals surface area (Å²) in [5, 5.41) is 9.46. The highest BCUT2D eigenvalue weighted by Gasteiger charge is 2.12. The van der Waals surface area contributed by atoms with Crippen LogP contribution in [0.1, 0.15) is 12.6 Å². The van der Waals surface area contributed by atoms with Gasteiger partial charge in [-0.25, -0.2) is 0 Å². The molecule has 1 heterocycles. The van der Waals surface area contributed by atoms with Gasteiger partial charge < -0.3 is 10.2 Å². The van der Waals surface area contributed by atoms with E-state index in [0.717, 1.165) is 12.2 Å². The number of nitrogens with zero attached hydrogens (tertiary/aromatic N) is 2. The quantitative estimate of drug-likeness (QED) is 0.731. The van der Waals surface area contributed by atoms with Crippen LogP contribution in [0.4, 0.5) is 0 Å². The minimum atomic E-state index is 0.00271. The summed E-state index contributed by atoms with van der Waals surface area (Å²) in [6.07, 6.45) is 1.67. The van der Waals surface area contributed by atoms with E-state index in [1.54, 1.807) is 6.20 Å². The predicted octanol–water partition coefficient (Wildman–Crippen LogP) is 0.224. The average molecular weight is 210 g/mol. The van der Waals surface area contributed by atoms with Gasteiger partial charge in [-0.2, -0.15) is 5.10 Å². The van der Waals surface area contributed by atoms with Gasteiger partial charge in [-0.1, -0.05) is 6.92 Å². The van der Waals surface area contributed by atoms with E-state index >= 15 is 0 Å². The maximum Gasteiger partial charge on any atom is 0.224 e. The molecule has 1 atom stereocenters. The highest BCUT2D eigenvalue weighted by molar-refractivity contribution is 5.78. The van der Waals surface area contributed by atoms with Crippen molar-refractivity contribution in [1.82, 2.24) is 20.4 Å². The second-order valence-corrected chi connectivity index (χ2v) is 3.96. The van der Waals surface area contributed by atoms with E-state index in [1.807, 2.05) is 32.0 Å². The van der Waals surface area contributed by atoms with Crippen molar-refractivity contribution < 1.29 is 4.79 Å². The lowest BCUT2D eigenvalue weighted by Gasteiger charge is -2.16. The molecule has 1 aromatic heterocycles. The van der Waals surface area contributed by atoms with Gasteiger partial charge in [-0.15, -0.1) is 0 Å². The minimum absolute atomic E-state index is 0.00271. The first-order valence-corrected chi connectivity index (χ1v) is 5.00. The van der Waals surface area contributed by atoms with Crippen LogP contribution in [0.25, 0.3) is 0 Å². The van der Waals surface area contributed by atoms with Gasteiger partial charge in [-0.3, -0.25) is 9.89 Å². The van der Waals surface area contributed by atoms with Crippen molar-refractivity contribution >= 4 is 5.91 Å². The van der Waals surface area contributed by atoms with Gasteiger partial charge >= 0.3 is 0 Å². The number of aromatic amines is 1. The number of H-pyrrole nitrogens is 1. The number of hydrogen-bond acceptors (Lipinski definition) is 3. The van der Waals surface area contributed by atoms with Gasteiger partial charge in [0.05, 0.1) is 12.2 Å². The lowest BCUT2D eigenvalue weighted by Crippen LogP contribution is -2.34. The summed E-state index contributed by atoms with van der Waals surface area (Å²) in [6, 6.07) is 1.84. The average Bonchev–Trinajstić information content (AvgIpc) is 2.65. The zero-order valence-corrected chi connectivity index (χ0v) is 9.45. The van der Waals surface area contributed by atoms with Crippen LogP contribution in [0.5, 0.6) is 0 Å². The molecule has 0 saturated carbocycles. The van der Waals surface area contributed by atoms with Crippen molar-refractivity contribution in [2.24, 2.45) is 5.92 Å². The summed E-state index contributed by atoms with van der Waals surface area (Å²) in [5.74, 6) is 0.0706. The molecule has 0 saturated heterocycles. The molecule has 0 unspecified atom stereocenters. The molecule has 84 valence electrons. The molecule has 0 aliphatic carbocycles. The number of aromatic nitrogens is 2. The molecular weight excluding hydrogens is 192 g/mol. The van der Waals surface area contributed by atoms with Crippen LogP contribution in [0.3, 0.4) is 0 Å². The fraction of sp³-hybridized carbons (Fsp3) is 0.600. The van der Waals surface area contributed by atoms with E-state index in [1.165, 1.54) is 0 Å². The lowest BCUT2D eigenvalue weighted by molar-refractivity contribution is -0.125. The van der Waals surface area contributed by atoms with Gasteiger partial charge in [0, 0.05) is 18.7 Å². The largest absolute Gasteiger partial charge is 0.350 e. The van der Waals surface area contributed by atoms with Gasteiger partial charge in [0.25, 0.3) is 0 Å². The molecule has 5 nitrogen and oxygen atoms in total. The molecule has 5 heteroatoms. The van der Waals surface area contributed by atoms with E-state index in [4.69, 9.17) is 0 Å². The van der Waals surface area contributed by atoms with Crippen molar-refractivity contribution in [2.45, 2.75) is 13.5 Å². The highest BCUT2D eigenvalue weighted by atomic mass is 16.1. The third kappa shape index (κ3) is 4.12. The number of hydrogen-bond donors (Lipinski definition) is 2. The van der Waals surface area contributed by atoms with Crippen molar-refractivity contribution in [3.8, 4) is 0 Å². The second kappa shape index (κ2) is 5.50. The second-order valence-electron chi connectivity index (χ2n) is 3.96. The van der Waals surface area contributed by atoms with Gasteiger partial charge in [-0.05, 0) is 20.2 Å². The first-order valence-electron chi connectivity index (χ1n) is 5.00. The number of carbonyl (C=O) groups excluding carboxylic acids is 1. The third-order valence-electron chi connectivity index (χ3n) is 2.10. The molecule has 0 bridgehead atoms. The van der Waals surface area contributed by atoms with E-state index in [-0.39, 0.29) is 11.8 Å². The number of amides is 1. The Balaban J connectivity index is 2.29. The molecule has 1 aromatic rings. The number of nitrogens with one attached hydrogen (secondary N) is 2. The Labute approximate surface area is 89.9 Å². The van der Waals surface area contributed by atoms with Crippen molar-refractivity contribution in [2.75, 3.05) is 20.6 Å². The fourth-order valence-corrected chi connectivity index (χ4v) is 1.37. The Bertz CT molecular complexity index is 294. The van der Waals surface area contributed by atoms with Crippen molar-refractivity contribution in [1.29, 1.82) is 0 Å². The van der Waals surface area contributed by atoms with Gasteiger partial charge in [0.15, 0.2) is 0 Å². The monoisotopic (exact) mass is 210 g/mol. The number of rotatable bonds is 5. The molecule has 0 fully saturated rings. The molecule has 1 rings (SSSR count). The first kappa shape index (κ1) is 11.7. The normalized spacial score (nSPS) is 12.8. The molecule has 15 heavy (non-hydrogen) atoms. The van der Waals surface area contributed by atoms with Crippen LogP contribution >= 0.6 is 0 Å². The summed E-state index contributed by atoms with van der Waals surface area (Å²) in [5.41, 5.74) is 0.917. The maximum atomic E-state index is 11.6. The Hall–Kier alpha value is -1.36. The summed E-state index contributed by atoms with van der Waals surface area (Å²) < 4.78 is 0. The zero-order valence-electron chi connectivity index (χ0n) is 9.45. The van der Waals surface area contributed by atoms with E-state index in [2.05, 4.69) is 15.5 Å². The summed E-state index contributed by atoms with van der Waals surface area (Å²) >= 11 is 0. The third-order valence-corrected chi connectivity index (χ3v) is 2.10. The summed E-state index contributed by atoms with van der Waals surface area (Å²) in [7, 11) is 3.91. The molecule has 0 spiro atoms. The Morgan fingerprint density at radius 3 is 2.93 bits per heavy atom. The first-order chi connectivity index (χ1) is 7.09. The van der Waals surface area contributed by atoms with Crippen LogP contribution in [-0.2, 0) is 11.3 Å². The smallest absolute Gasteiger partial charge is 0.224 e. The van der Waals surface area contributed by atoms with Crippen molar-refractivity contribution in [3.05, 3.63) is 18.0 Å². The Kier molecular flexibility index (Phi) is 4.30. The van der Waals surface area contributed by atoms with Crippen LogP contribution in [0.2, 0.25) is 0 Å². The Morgan fingerprint density at radius 1 is 1.67 bits per heavy atom. The summed E-state index contributed by atoms with van der Waals surface area (Å²) in [6.45, 7) is 3.19.